The summed E-state index contributed by atoms with van der Waals surface area (Å²) in [7, 11) is 1.67. The van der Waals surface area contributed by atoms with Gasteiger partial charge in [0.25, 0.3) is 5.91 Å². The second-order valence-corrected chi connectivity index (χ2v) is 9.60. The molecule has 3 rings (SSSR count). The lowest BCUT2D eigenvalue weighted by molar-refractivity contribution is -0.135. The summed E-state index contributed by atoms with van der Waals surface area (Å²) in [6.07, 6.45) is 2.87. The van der Waals surface area contributed by atoms with Crippen LogP contribution in [0.5, 0.6) is 5.75 Å². The molecule has 2 amide bonds. The molecule has 0 aliphatic heterocycles. The molecule has 0 N–H and O–H groups in total. The van der Waals surface area contributed by atoms with Gasteiger partial charge in [-0.15, -0.1) is 0 Å². The van der Waals surface area contributed by atoms with Crippen molar-refractivity contribution in [1.29, 1.82) is 0 Å². The van der Waals surface area contributed by atoms with Gasteiger partial charge in [0.15, 0.2) is 0 Å². The molecule has 192 valence electrons. The molecule has 1 unspecified atom stereocenters. The molecule has 1 heterocycles. The fourth-order valence-electron chi connectivity index (χ4n) is 4.29. The van der Waals surface area contributed by atoms with Gasteiger partial charge in [-0.05, 0) is 75.6 Å². The summed E-state index contributed by atoms with van der Waals surface area (Å²) in [4.78, 5) is 30.6. The van der Waals surface area contributed by atoms with Crippen molar-refractivity contribution in [1.82, 2.24) is 14.4 Å². The number of nitrogens with zero attached hydrogens (tertiary/aromatic N) is 3. The first-order chi connectivity index (χ1) is 17.2. The first-order valence-electron chi connectivity index (χ1n) is 12.7. The van der Waals surface area contributed by atoms with Gasteiger partial charge in [-0.3, -0.25) is 9.59 Å². The Morgan fingerprint density at radius 2 is 1.72 bits per heavy atom. The zero-order valence-electron chi connectivity index (χ0n) is 22.4. The summed E-state index contributed by atoms with van der Waals surface area (Å²) >= 11 is 0. The van der Waals surface area contributed by atoms with E-state index in [2.05, 4.69) is 30.5 Å². The number of hydrogen-bond donors (Lipinski definition) is 0. The molecule has 1 aromatic heterocycles. The Hall–Kier alpha value is -3.54. The second kappa shape index (κ2) is 12.4. The van der Waals surface area contributed by atoms with Crippen LogP contribution in [0.25, 0.3) is 0 Å². The van der Waals surface area contributed by atoms with Crippen LogP contribution in [-0.2, 0) is 17.9 Å². The molecule has 6 nitrogen and oxygen atoms in total. The van der Waals surface area contributed by atoms with Crippen molar-refractivity contribution in [2.24, 2.45) is 0 Å². The van der Waals surface area contributed by atoms with E-state index in [9.17, 15) is 9.59 Å². The van der Waals surface area contributed by atoms with Crippen LogP contribution >= 0.6 is 0 Å². The average molecular weight is 490 g/mol. The third kappa shape index (κ3) is 6.56. The summed E-state index contributed by atoms with van der Waals surface area (Å²) in [5.41, 5.74) is 3.73. The zero-order valence-corrected chi connectivity index (χ0v) is 22.4. The van der Waals surface area contributed by atoms with Gasteiger partial charge in [-0.25, -0.2) is 0 Å². The maximum atomic E-state index is 13.7. The highest BCUT2D eigenvalue weighted by Gasteiger charge is 2.27. The first-order valence-corrected chi connectivity index (χ1v) is 12.7. The molecule has 6 heteroatoms. The SMILES string of the molecule is CCC(C)N(Cc1cccn1Cc1cccc(OC)c1)C(=O)CN(C(=O)c1ccccc1C)C(C)C. The standard InChI is InChI=1S/C30H39N3O3/c1-7-24(5)33(20-26-14-11-17-31(26)19-25-13-10-15-27(18-25)36-6)29(34)21-32(22(2)3)30(35)28-16-9-8-12-23(28)4/h8-18,22,24H,7,19-21H2,1-6H3. The lowest BCUT2D eigenvalue weighted by Crippen LogP contribution is -2.48. The van der Waals surface area contributed by atoms with E-state index in [0.717, 1.165) is 29.0 Å². The van der Waals surface area contributed by atoms with Gasteiger partial charge in [0, 0.05) is 36.1 Å². The number of aryl methyl sites for hydroxylation is 1. The minimum Gasteiger partial charge on any atom is -0.497 e. The van der Waals surface area contributed by atoms with Crippen LogP contribution in [0.2, 0.25) is 0 Å². The summed E-state index contributed by atoms with van der Waals surface area (Å²) in [5.74, 6) is 0.667. The van der Waals surface area contributed by atoms with Crippen molar-refractivity contribution in [3.05, 3.63) is 89.2 Å². The number of amides is 2. The Morgan fingerprint density at radius 3 is 2.39 bits per heavy atom. The van der Waals surface area contributed by atoms with E-state index in [0.29, 0.717) is 18.7 Å². The molecule has 1 atom stereocenters. The zero-order chi connectivity index (χ0) is 26.2. The van der Waals surface area contributed by atoms with Gasteiger partial charge in [-0.1, -0.05) is 37.3 Å². The van der Waals surface area contributed by atoms with Crippen molar-refractivity contribution >= 4 is 11.8 Å². The van der Waals surface area contributed by atoms with Crippen molar-refractivity contribution in [2.75, 3.05) is 13.7 Å². The Bertz CT molecular complexity index is 1170. The molecule has 0 aliphatic rings. The molecule has 3 aromatic rings. The summed E-state index contributed by atoms with van der Waals surface area (Å²) < 4.78 is 7.53. The number of carbonyl (C=O) groups excluding carboxylic acids is 2. The Morgan fingerprint density at radius 1 is 0.972 bits per heavy atom. The van der Waals surface area contributed by atoms with Crippen LogP contribution in [0.4, 0.5) is 0 Å². The van der Waals surface area contributed by atoms with Crippen molar-refractivity contribution in [3.63, 3.8) is 0 Å². The molecular formula is C30H39N3O3. The van der Waals surface area contributed by atoms with Gasteiger partial charge in [-0.2, -0.15) is 0 Å². The molecule has 2 aromatic carbocycles. The van der Waals surface area contributed by atoms with Crippen LogP contribution in [0, 0.1) is 6.92 Å². The van der Waals surface area contributed by atoms with Crippen LogP contribution in [0.1, 0.15) is 61.3 Å². The molecule has 0 aliphatic carbocycles. The van der Waals surface area contributed by atoms with E-state index < -0.39 is 0 Å². The van der Waals surface area contributed by atoms with Crippen molar-refractivity contribution < 1.29 is 14.3 Å². The Kier molecular flexibility index (Phi) is 9.34. The van der Waals surface area contributed by atoms with Gasteiger partial charge < -0.3 is 19.1 Å². The van der Waals surface area contributed by atoms with E-state index in [1.807, 2.05) is 80.4 Å². The molecule has 0 saturated heterocycles. The Balaban J connectivity index is 1.80. The molecule has 0 bridgehead atoms. The van der Waals surface area contributed by atoms with Gasteiger partial charge >= 0.3 is 0 Å². The van der Waals surface area contributed by atoms with E-state index >= 15 is 0 Å². The Labute approximate surface area is 215 Å². The summed E-state index contributed by atoms with van der Waals surface area (Å²) in [6, 6.07) is 19.6. The molecule has 0 saturated carbocycles. The highest BCUT2D eigenvalue weighted by atomic mass is 16.5. The minimum atomic E-state index is -0.109. The minimum absolute atomic E-state index is 0.0419. The van der Waals surface area contributed by atoms with Crippen LogP contribution in [-0.4, -0.2) is 51.9 Å². The number of hydrogen-bond acceptors (Lipinski definition) is 3. The fraction of sp³-hybridized carbons (Fsp3) is 0.400. The molecule has 0 spiro atoms. The second-order valence-electron chi connectivity index (χ2n) is 9.60. The van der Waals surface area contributed by atoms with E-state index in [-0.39, 0.29) is 30.4 Å². The lowest BCUT2D eigenvalue weighted by Gasteiger charge is -2.33. The van der Waals surface area contributed by atoms with E-state index in [1.54, 1.807) is 12.0 Å². The number of benzene rings is 2. The summed E-state index contributed by atoms with van der Waals surface area (Å²) in [6.45, 7) is 11.2. The number of carbonyl (C=O) groups is 2. The number of ether oxygens (including phenoxy) is 1. The number of methoxy groups -OCH3 is 1. The number of rotatable bonds is 11. The first kappa shape index (κ1) is 27.1. The van der Waals surface area contributed by atoms with Crippen LogP contribution in [0.15, 0.2) is 66.9 Å². The third-order valence-electron chi connectivity index (χ3n) is 6.75. The largest absolute Gasteiger partial charge is 0.497 e. The average Bonchev–Trinajstić information content (AvgIpc) is 3.31. The van der Waals surface area contributed by atoms with Crippen LogP contribution < -0.4 is 4.74 Å². The predicted octanol–water partition coefficient (Wildman–Crippen LogP) is 5.53. The topological polar surface area (TPSA) is 54.8 Å². The maximum Gasteiger partial charge on any atom is 0.254 e. The van der Waals surface area contributed by atoms with Gasteiger partial charge in [0.1, 0.15) is 12.3 Å². The summed E-state index contributed by atoms with van der Waals surface area (Å²) in [5, 5.41) is 0. The smallest absolute Gasteiger partial charge is 0.254 e. The highest BCUT2D eigenvalue weighted by molar-refractivity contribution is 5.97. The van der Waals surface area contributed by atoms with Gasteiger partial charge in [0.05, 0.1) is 13.7 Å². The molecule has 0 radical (unpaired) electrons. The molecule has 0 fully saturated rings. The quantitative estimate of drug-likeness (QED) is 0.356. The fourth-order valence-corrected chi connectivity index (χ4v) is 4.29. The van der Waals surface area contributed by atoms with Crippen molar-refractivity contribution in [2.45, 2.75) is 66.2 Å². The normalized spacial score (nSPS) is 11.9. The van der Waals surface area contributed by atoms with Crippen molar-refractivity contribution in [3.8, 4) is 5.75 Å². The molecular weight excluding hydrogens is 450 g/mol. The maximum absolute atomic E-state index is 13.7. The van der Waals surface area contributed by atoms with E-state index in [1.165, 1.54) is 0 Å². The third-order valence-corrected chi connectivity index (χ3v) is 6.75. The number of aromatic nitrogens is 1. The predicted molar refractivity (Wildman–Crippen MR) is 144 cm³/mol. The lowest BCUT2D eigenvalue weighted by atomic mass is 10.1. The highest BCUT2D eigenvalue weighted by Crippen LogP contribution is 2.19. The van der Waals surface area contributed by atoms with Gasteiger partial charge in [0.2, 0.25) is 5.91 Å². The van der Waals surface area contributed by atoms with Crippen LogP contribution in [0.3, 0.4) is 0 Å². The van der Waals surface area contributed by atoms with E-state index in [4.69, 9.17) is 4.74 Å². The molecule has 36 heavy (non-hydrogen) atoms. The monoisotopic (exact) mass is 489 g/mol.